The molecule has 0 aliphatic carbocycles. The van der Waals surface area contributed by atoms with Gasteiger partial charge in [-0.15, -0.1) is 0 Å². The van der Waals surface area contributed by atoms with Gasteiger partial charge in [0.05, 0.1) is 32.6 Å². The van der Waals surface area contributed by atoms with Gasteiger partial charge in [0.1, 0.15) is 0 Å². The molecule has 0 radical (unpaired) electrons. The molecule has 0 spiro atoms. The lowest BCUT2D eigenvalue weighted by Crippen LogP contribution is -2.05. The van der Waals surface area contributed by atoms with Crippen LogP contribution in [0.1, 0.15) is 84.0 Å². The lowest BCUT2D eigenvalue weighted by atomic mass is 10.1. The van der Waals surface area contributed by atoms with E-state index in [2.05, 4.69) is 20.1 Å². The fourth-order valence-electron chi connectivity index (χ4n) is 2.88. The molecule has 0 bridgehead atoms. The third kappa shape index (κ3) is 19.3. The van der Waals surface area contributed by atoms with Crippen LogP contribution in [0, 0.1) is 0 Å². The zero-order valence-corrected chi connectivity index (χ0v) is 20.8. The summed E-state index contributed by atoms with van der Waals surface area (Å²) in [6.45, 7) is 10.3. The molecule has 0 amide bonds. The summed E-state index contributed by atoms with van der Waals surface area (Å²) in [6, 6.07) is 0. The van der Waals surface area contributed by atoms with Crippen LogP contribution < -0.4 is 0 Å². The molecule has 8 heteroatoms. The smallest absolute Gasteiger partial charge is 0.330 e. The van der Waals surface area contributed by atoms with E-state index in [-0.39, 0.29) is 0 Å². The van der Waals surface area contributed by atoms with Crippen LogP contribution in [0.5, 0.6) is 0 Å². The Hall–Kier alpha value is -1.43. The van der Waals surface area contributed by atoms with E-state index in [1.165, 1.54) is 19.3 Å². The number of carbonyl (C=O) groups is 2. The first kappa shape index (κ1) is 30.6. The summed E-state index contributed by atoms with van der Waals surface area (Å²) in [5.74, 6) is -0.839. The van der Waals surface area contributed by atoms with E-state index in [0.29, 0.717) is 32.6 Å². The van der Waals surface area contributed by atoms with E-state index >= 15 is 0 Å². The first-order valence-corrected chi connectivity index (χ1v) is 13.7. The zero-order valence-electron chi connectivity index (χ0n) is 19.9. The van der Waals surface area contributed by atoms with Gasteiger partial charge >= 0.3 is 19.5 Å². The van der Waals surface area contributed by atoms with Crippen molar-refractivity contribution in [2.75, 3.05) is 32.6 Å². The summed E-state index contributed by atoms with van der Waals surface area (Å²) < 4.78 is 34.4. The van der Waals surface area contributed by atoms with Gasteiger partial charge in [0.2, 0.25) is 0 Å². The van der Waals surface area contributed by atoms with Crippen LogP contribution in [0.15, 0.2) is 25.3 Å². The maximum Gasteiger partial charge on any atom is 0.330 e. The Morgan fingerprint density at radius 1 is 0.656 bits per heavy atom. The second-order valence-corrected chi connectivity index (χ2v) is 9.82. The van der Waals surface area contributed by atoms with E-state index in [1.807, 2.05) is 0 Å². The molecular weight excluding hydrogens is 431 g/mol. The number of hydrogen-bond donors (Lipinski definition) is 0. The van der Waals surface area contributed by atoms with Gasteiger partial charge < -0.3 is 18.5 Å². The number of ether oxygens (including phenoxy) is 2. The monoisotopic (exact) mass is 474 g/mol. The molecule has 0 unspecified atom stereocenters. The van der Waals surface area contributed by atoms with Crippen molar-refractivity contribution < 1.29 is 32.7 Å². The summed E-state index contributed by atoms with van der Waals surface area (Å²) in [6.07, 6.45) is 13.9. The van der Waals surface area contributed by atoms with Gasteiger partial charge in [-0.2, -0.15) is 0 Å². The normalized spacial score (nSPS) is 11.2. The Morgan fingerprint density at radius 3 is 1.53 bits per heavy atom. The molecule has 0 aliphatic heterocycles. The van der Waals surface area contributed by atoms with Crippen LogP contribution in [0.25, 0.3) is 0 Å². The highest BCUT2D eigenvalue weighted by molar-refractivity contribution is 7.53. The predicted molar refractivity (Wildman–Crippen MR) is 128 cm³/mol. The van der Waals surface area contributed by atoms with Gasteiger partial charge in [-0.25, -0.2) is 9.59 Å². The Labute approximate surface area is 194 Å². The predicted octanol–water partition coefficient (Wildman–Crippen LogP) is 6.37. The molecule has 7 nitrogen and oxygen atoms in total. The molecule has 0 N–H and O–H groups in total. The van der Waals surface area contributed by atoms with Gasteiger partial charge in [-0.05, 0) is 44.9 Å². The van der Waals surface area contributed by atoms with Crippen molar-refractivity contribution in [2.24, 2.45) is 0 Å². The molecule has 0 heterocycles. The summed E-state index contributed by atoms with van der Waals surface area (Å²) in [4.78, 5) is 22.0. The van der Waals surface area contributed by atoms with Crippen molar-refractivity contribution in [1.29, 1.82) is 0 Å². The second-order valence-electron chi connectivity index (χ2n) is 7.63. The second kappa shape index (κ2) is 21.4. The van der Waals surface area contributed by atoms with Crippen molar-refractivity contribution in [1.82, 2.24) is 0 Å². The summed E-state index contributed by atoms with van der Waals surface area (Å²) >= 11 is 0. The fraction of sp³-hybridized carbons (Fsp3) is 0.750. The number of carbonyl (C=O) groups excluding carboxylic acids is 2. The Kier molecular flexibility index (Phi) is 20.5. The van der Waals surface area contributed by atoms with E-state index in [0.717, 1.165) is 69.9 Å². The Bertz CT molecular complexity index is 525. The molecule has 0 aromatic rings. The van der Waals surface area contributed by atoms with Gasteiger partial charge in [-0.3, -0.25) is 4.57 Å². The van der Waals surface area contributed by atoms with Crippen LogP contribution in [0.2, 0.25) is 0 Å². The highest BCUT2D eigenvalue weighted by Crippen LogP contribution is 2.49. The molecule has 0 saturated heterocycles. The van der Waals surface area contributed by atoms with Crippen molar-refractivity contribution in [3.8, 4) is 0 Å². The van der Waals surface area contributed by atoms with Gasteiger partial charge in [0, 0.05) is 12.2 Å². The minimum Gasteiger partial charge on any atom is -0.463 e. The highest BCUT2D eigenvalue weighted by atomic mass is 31.2. The standard InChI is InChI=1S/C24H43O7P/c1-4-7-8-9-10-17-22-32(27,30-20-15-11-13-18-28-23(25)5-2)31-21-16-12-14-19-29-24(26)6-3/h5-6H,2-4,7-22H2,1H3. The Morgan fingerprint density at radius 2 is 1.06 bits per heavy atom. The number of hydrogen-bond acceptors (Lipinski definition) is 7. The van der Waals surface area contributed by atoms with Crippen molar-refractivity contribution in [3.05, 3.63) is 25.3 Å². The number of unbranched alkanes of at least 4 members (excludes halogenated alkanes) is 9. The SMILES string of the molecule is C=CC(=O)OCCCCCOP(=O)(CCCCCCCC)OCCCCCOC(=O)C=C. The van der Waals surface area contributed by atoms with Crippen molar-refractivity contribution >= 4 is 19.5 Å². The molecule has 32 heavy (non-hydrogen) atoms. The maximum atomic E-state index is 13.1. The Balaban J connectivity index is 4.16. The quantitative estimate of drug-likeness (QED) is 0.0735. The lowest BCUT2D eigenvalue weighted by molar-refractivity contribution is -0.138. The number of rotatable bonds is 23. The topological polar surface area (TPSA) is 88.1 Å². The number of esters is 2. The molecule has 0 rings (SSSR count). The summed E-state index contributed by atoms with van der Waals surface area (Å²) in [5.41, 5.74) is 0. The minimum absolute atomic E-state index is 0.346. The molecular formula is C24H43O7P. The largest absolute Gasteiger partial charge is 0.463 e. The lowest BCUT2D eigenvalue weighted by Gasteiger charge is -2.19. The average molecular weight is 475 g/mol. The first-order chi connectivity index (χ1) is 15.5. The molecule has 186 valence electrons. The maximum absolute atomic E-state index is 13.1. The van der Waals surface area contributed by atoms with E-state index < -0.39 is 19.5 Å². The molecule has 0 fully saturated rings. The first-order valence-electron chi connectivity index (χ1n) is 11.9. The average Bonchev–Trinajstić information content (AvgIpc) is 2.79. The minimum atomic E-state index is -3.12. The van der Waals surface area contributed by atoms with E-state index in [9.17, 15) is 14.2 Å². The zero-order chi connectivity index (χ0) is 23.9. The van der Waals surface area contributed by atoms with Gasteiger partial charge in [-0.1, -0.05) is 52.2 Å². The van der Waals surface area contributed by atoms with Crippen molar-refractivity contribution in [3.63, 3.8) is 0 Å². The van der Waals surface area contributed by atoms with E-state index in [4.69, 9.17) is 18.5 Å². The molecule has 0 aromatic carbocycles. The van der Waals surface area contributed by atoms with Crippen LogP contribution in [-0.2, 0) is 32.7 Å². The van der Waals surface area contributed by atoms with Crippen LogP contribution in [-0.4, -0.2) is 44.5 Å². The summed E-state index contributed by atoms with van der Waals surface area (Å²) in [7, 11) is -3.12. The van der Waals surface area contributed by atoms with Crippen LogP contribution in [0.4, 0.5) is 0 Å². The van der Waals surface area contributed by atoms with Gasteiger partial charge in [0.25, 0.3) is 0 Å². The molecule has 0 aromatic heterocycles. The third-order valence-corrected chi connectivity index (χ3v) is 6.78. The fourth-order valence-corrected chi connectivity index (χ4v) is 4.64. The van der Waals surface area contributed by atoms with E-state index in [1.54, 1.807) is 0 Å². The summed E-state index contributed by atoms with van der Waals surface area (Å²) in [5, 5.41) is 0. The molecule has 0 atom stereocenters. The van der Waals surface area contributed by atoms with Gasteiger partial charge in [0.15, 0.2) is 0 Å². The van der Waals surface area contributed by atoms with Crippen LogP contribution >= 0.6 is 7.60 Å². The molecule has 0 aliphatic rings. The van der Waals surface area contributed by atoms with Crippen LogP contribution in [0.3, 0.4) is 0 Å². The molecule has 0 saturated carbocycles. The van der Waals surface area contributed by atoms with Crippen molar-refractivity contribution in [2.45, 2.75) is 84.0 Å². The third-order valence-electron chi connectivity index (χ3n) is 4.76. The highest BCUT2D eigenvalue weighted by Gasteiger charge is 2.23.